The SMILES string of the molecule is O=C(CCN1CCOCC1)NN=Cc1ccc([N+](=O)[O-])cc1. The normalized spacial score (nSPS) is 15.8. The Morgan fingerprint density at radius 2 is 2.05 bits per heavy atom. The second-order valence-corrected chi connectivity index (χ2v) is 4.85. The molecule has 8 heteroatoms. The highest BCUT2D eigenvalue weighted by molar-refractivity contribution is 5.82. The number of rotatable bonds is 6. The minimum absolute atomic E-state index is 0.0201. The molecule has 0 atom stereocenters. The van der Waals surface area contributed by atoms with Gasteiger partial charge in [0.15, 0.2) is 0 Å². The van der Waals surface area contributed by atoms with Gasteiger partial charge in [-0.05, 0) is 17.7 Å². The molecule has 1 aliphatic heterocycles. The molecule has 2 rings (SSSR count). The summed E-state index contributed by atoms with van der Waals surface area (Å²) in [6.07, 6.45) is 1.83. The molecule has 0 aromatic heterocycles. The topological polar surface area (TPSA) is 97.1 Å². The molecule has 1 amide bonds. The van der Waals surface area contributed by atoms with Gasteiger partial charge in [-0.25, -0.2) is 5.43 Å². The summed E-state index contributed by atoms with van der Waals surface area (Å²) in [6.45, 7) is 3.79. The highest BCUT2D eigenvalue weighted by Crippen LogP contribution is 2.10. The molecule has 0 unspecified atom stereocenters. The lowest BCUT2D eigenvalue weighted by Crippen LogP contribution is -2.38. The fourth-order valence-electron chi connectivity index (χ4n) is 2.00. The average Bonchev–Trinajstić information content (AvgIpc) is 2.54. The summed E-state index contributed by atoms with van der Waals surface area (Å²) in [5.41, 5.74) is 3.15. The average molecular weight is 306 g/mol. The first kappa shape index (κ1) is 16.1. The van der Waals surface area contributed by atoms with E-state index in [1.807, 2.05) is 0 Å². The van der Waals surface area contributed by atoms with Crippen molar-refractivity contribution in [3.05, 3.63) is 39.9 Å². The number of nitrogens with zero attached hydrogens (tertiary/aromatic N) is 3. The third-order valence-corrected chi connectivity index (χ3v) is 3.27. The first-order valence-corrected chi connectivity index (χ1v) is 7.01. The van der Waals surface area contributed by atoms with Crippen LogP contribution < -0.4 is 5.43 Å². The summed E-state index contributed by atoms with van der Waals surface area (Å²) in [5, 5.41) is 14.4. The molecular weight excluding hydrogens is 288 g/mol. The third-order valence-electron chi connectivity index (χ3n) is 3.27. The van der Waals surface area contributed by atoms with E-state index in [2.05, 4.69) is 15.4 Å². The maximum absolute atomic E-state index is 11.6. The van der Waals surface area contributed by atoms with Gasteiger partial charge in [0, 0.05) is 38.2 Å². The van der Waals surface area contributed by atoms with Crippen LogP contribution in [0, 0.1) is 10.1 Å². The number of carbonyl (C=O) groups is 1. The molecule has 0 spiro atoms. The molecule has 22 heavy (non-hydrogen) atoms. The standard InChI is InChI=1S/C14H18N4O4/c19-14(5-6-17-7-9-22-10-8-17)16-15-11-12-1-3-13(4-2-12)18(20)21/h1-4,11H,5-10H2,(H,16,19). The summed E-state index contributed by atoms with van der Waals surface area (Å²) in [4.78, 5) is 23.9. The van der Waals surface area contributed by atoms with Crippen molar-refractivity contribution in [2.24, 2.45) is 5.10 Å². The van der Waals surface area contributed by atoms with Crippen LogP contribution in [0.3, 0.4) is 0 Å². The largest absolute Gasteiger partial charge is 0.379 e. The van der Waals surface area contributed by atoms with Gasteiger partial charge in [-0.15, -0.1) is 0 Å². The van der Waals surface area contributed by atoms with E-state index >= 15 is 0 Å². The number of morpholine rings is 1. The van der Waals surface area contributed by atoms with Gasteiger partial charge in [-0.3, -0.25) is 19.8 Å². The van der Waals surface area contributed by atoms with Crippen LogP contribution in [-0.2, 0) is 9.53 Å². The molecule has 118 valence electrons. The zero-order valence-electron chi connectivity index (χ0n) is 12.1. The maximum Gasteiger partial charge on any atom is 0.269 e. The van der Waals surface area contributed by atoms with Gasteiger partial charge in [-0.2, -0.15) is 5.10 Å². The first-order valence-electron chi connectivity index (χ1n) is 7.01. The lowest BCUT2D eigenvalue weighted by atomic mass is 10.2. The fourth-order valence-corrected chi connectivity index (χ4v) is 2.00. The Kier molecular flexibility index (Phi) is 5.99. The third kappa shape index (κ3) is 5.23. The Hall–Kier alpha value is -2.32. The number of benzene rings is 1. The second kappa shape index (κ2) is 8.20. The zero-order chi connectivity index (χ0) is 15.8. The smallest absolute Gasteiger partial charge is 0.269 e. The number of ether oxygens (including phenoxy) is 1. The van der Waals surface area contributed by atoms with Gasteiger partial charge in [0.1, 0.15) is 0 Å². The number of hydrogen-bond acceptors (Lipinski definition) is 6. The van der Waals surface area contributed by atoms with Crippen molar-refractivity contribution in [2.75, 3.05) is 32.8 Å². The Morgan fingerprint density at radius 3 is 2.68 bits per heavy atom. The molecule has 0 saturated carbocycles. The van der Waals surface area contributed by atoms with E-state index in [0.717, 1.165) is 13.1 Å². The van der Waals surface area contributed by atoms with Crippen molar-refractivity contribution in [2.45, 2.75) is 6.42 Å². The molecule has 1 heterocycles. The van der Waals surface area contributed by atoms with Crippen molar-refractivity contribution < 1.29 is 14.5 Å². The molecule has 0 bridgehead atoms. The van der Waals surface area contributed by atoms with Gasteiger partial charge in [-0.1, -0.05) is 0 Å². The van der Waals surface area contributed by atoms with Crippen LogP contribution in [0.4, 0.5) is 5.69 Å². The van der Waals surface area contributed by atoms with Crippen LogP contribution >= 0.6 is 0 Å². The minimum atomic E-state index is -0.464. The van der Waals surface area contributed by atoms with E-state index in [1.54, 1.807) is 12.1 Å². The number of nitro benzene ring substituents is 1. The first-order chi connectivity index (χ1) is 10.6. The van der Waals surface area contributed by atoms with Crippen molar-refractivity contribution in [3.8, 4) is 0 Å². The Labute approximate surface area is 127 Å². The predicted molar refractivity (Wildman–Crippen MR) is 80.7 cm³/mol. The summed E-state index contributed by atoms with van der Waals surface area (Å²) in [6, 6.07) is 5.92. The Bertz CT molecular complexity index is 538. The predicted octanol–water partition coefficient (Wildman–Crippen LogP) is 0.767. The Balaban J connectivity index is 1.71. The lowest BCUT2D eigenvalue weighted by Gasteiger charge is -2.25. The number of amides is 1. The monoisotopic (exact) mass is 306 g/mol. The number of nitro groups is 1. The van der Waals surface area contributed by atoms with Crippen molar-refractivity contribution in [1.29, 1.82) is 0 Å². The molecule has 1 saturated heterocycles. The van der Waals surface area contributed by atoms with E-state index in [4.69, 9.17) is 4.74 Å². The minimum Gasteiger partial charge on any atom is -0.379 e. The van der Waals surface area contributed by atoms with Crippen LogP contribution in [0.25, 0.3) is 0 Å². The van der Waals surface area contributed by atoms with E-state index in [9.17, 15) is 14.9 Å². The molecule has 1 aromatic carbocycles. The fraction of sp³-hybridized carbons (Fsp3) is 0.429. The molecular formula is C14H18N4O4. The molecule has 0 aliphatic carbocycles. The van der Waals surface area contributed by atoms with Gasteiger partial charge in [0.25, 0.3) is 5.69 Å². The number of hydrogen-bond donors (Lipinski definition) is 1. The number of carbonyl (C=O) groups excluding carboxylic acids is 1. The molecule has 1 aromatic rings. The molecule has 1 fully saturated rings. The summed E-state index contributed by atoms with van der Waals surface area (Å²) >= 11 is 0. The molecule has 0 radical (unpaired) electrons. The molecule has 1 N–H and O–H groups in total. The molecule has 8 nitrogen and oxygen atoms in total. The van der Waals surface area contributed by atoms with Crippen molar-refractivity contribution in [3.63, 3.8) is 0 Å². The van der Waals surface area contributed by atoms with Gasteiger partial charge in [0.2, 0.25) is 5.91 Å². The van der Waals surface area contributed by atoms with E-state index in [1.165, 1.54) is 18.3 Å². The summed E-state index contributed by atoms with van der Waals surface area (Å²) in [5.74, 6) is -0.162. The summed E-state index contributed by atoms with van der Waals surface area (Å²) in [7, 11) is 0. The number of non-ortho nitro benzene ring substituents is 1. The Morgan fingerprint density at radius 1 is 1.36 bits per heavy atom. The highest BCUT2D eigenvalue weighted by Gasteiger charge is 2.11. The van der Waals surface area contributed by atoms with Crippen molar-refractivity contribution in [1.82, 2.24) is 10.3 Å². The van der Waals surface area contributed by atoms with Crippen LogP contribution in [0.5, 0.6) is 0 Å². The van der Waals surface area contributed by atoms with E-state index < -0.39 is 4.92 Å². The lowest BCUT2D eigenvalue weighted by molar-refractivity contribution is -0.384. The number of nitrogens with one attached hydrogen (secondary N) is 1. The van der Waals surface area contributed by atoms with Crippen LogP contribution in [0.2, 0.25) is 0 Å². The zero-order valence-corrected chi connectivity index (χ0v) is 12.1. The number of hydrazone groups is 1. The van der Waals surface area contributed by atoms with E-state index in [-0.39, 0.29) is 11.6 Å². The van der Waals surface area contributed by atoms with Gasteiger partial charge < -0.3 is 4.74 Å². The quantitative estimate of drug-likeness (QED) is 0.475. The van der Waals surface area contributed by atoms with Gasteiger partial charge in [0.05, 0.1) is 24.4 Å². The summed E-state index contributed by atoms with van der Waals surface area (Å²) < 4.78 is 5.24. The van der Waals surface area contributed by atoms with Gasteiger partial charge >= 0.3 is 0 Å². The van der Waals surface area contributed by atoms with Crippen LogP contribution in [0.15, 0.2) is 29.4 Å². The second-order valence-electron chi connectivity index (χ2n) is 4.85. The maximum atomic E-state index is 11.6. The van der Waals surface area contributed by atoms with Crippen LogP contribution in [0.1, 0.15) is 12.0 Å². The highest BCUT2D eigenvalue weighted by atomic mass is 16.6. The molecule has 1 aliphatic rings. The van der Waals surface area contributed by atoms with Crippen molar-refractivity contribution >= 4 is 17.8 Å². The van der Waals surface area contributed by atoms with E-state index in [0.29, 0.717) is 31.7 Å². The van der Waals surface area contributed by atoms with Crippen LogP contribution in [-0.4, -0.2) is 54.8 Å².